The first kappa shape index (κ1) is 15.8. The summed E-state index contributed by atoms with van der Waals surface area (Å²) in [5.74, 6) is -1.32. The number of halogens is 2. The molecule has 0 aliphatic rings. The molecular weight excluding hydrogens is 333 g/mol. The number of benzene rings is 2. The van der Waals surface area contributed by atoms with Gasteiger partial charge in [0.15, 0.2) is 9.84 Å². The van der Waals surface area contributed by atoms with Crippen LogP contribution in [0.1, 0.15) is 0 Å². The number of sulfone groups is 1. The van der Waals surface area contributed by atoms with Gasteiger partial charge in [-0.15, -0.1) is 0 Å². The molecular formula is C14H11Cl2NO3S. The van der Waals surface area contributed by atoms with Gasteiger partial charge in [0.2, 0.25) is 5.91 Å². The van der Waals surface area contributed by atoms with Crippen LogP contribution in [0.4, 0.5) is 5.69 Å². The van der Waals surface area contributed by atoms with Gasteiger partial charge in [-0.3, -0.25) is 4.79 Å². The molecule has 0 aliphatic carbocycles. The minimum Gasteiger partial charge on any atom is -0.324 e. The molecule has 0 spiro atoms. The quantitative estimate of drug-likeness (QED) is 0.925. The van der Waals surface area contributed by atoms with Crippen molar-refractivity contribution in [2.45, 2.75) is 4.90 Å². The predicted molar refractivity (Wildman–Crippen MR) is 83.6 cm³/mol. The molecule has 2 rings (SSSR count). The highest BCUT2D eigenvalue weighted by atomic mass is 35.5. The minimum atomic E-state index is -3.72. The molecule has 21 heavy (non-hydrogen) atoms. The van der Waals surface area contributed by atoms with Crippen LogP contribution in [-0.4, -0.2) is 20.1 Å². The molecule has 7 heteroatoms. The molecule has 0 atom stereocenters. The molecule has 1 N–H and O–H groups in total. The van der Waals surface area contributed by atoms with E-state index in [1.165, 1.54) is 24.3 Å². The number of hydrogen-bond donors (Lipinski definition) is 1. The Bertz CT molecular complexity index is 758. The molecule has 2 aromatic rings. The fourth-order valence-electron chi connectivity index (χ4n) is 1.65. The molecule has 1 amide bonds. The fraction of sp³-hybridized carbons (Fsp3) is 0.0714. The Hall–Kier alpha value is -1.56. The maximum Gasteiger partial charge on any atom is 0.240 e. The van der Waals surface area contributed by atoms with E-state index in [9.17, 15) is 13.2 Å². The number of rotatable bonds is 4. The van der Waals surface area contributed by atoms with E-state index in [0.717, 1.165) is 0 Å². The molecule has 2 aromatic carbocycles. The van der Waals surface area contributed by atoms with Crippen LogP contribution in [0.2, 0.25) is 10.0 Å². The standard InChI is InChI=1S/C14H11Cl2NO3S/c15-10-5-7-11(8-6-10)21(19,20)9-14(18)17-13-4-2-1-3-12(13)16/h1-8H,9H2,(H,17,18). The van der Waals surface area contributed by atoms with Gasteiger partial charge >= 0.3 is 0 Å². The number of nitrogens with one attached hydrogen (secondary N) is 1. The third kappa shape index (κ3) is 4.20. The van der Waals surface area contributed by atoms with Gasteiger partial charge in [0.25, 0.3) is 0 Å². The van der Waals surface area contributed by atoms with Crippen molar-refractivity contribution in [3.63, 3.8) is 0 Å². The zero-order valence-corrected chi connectivity index (χ0v) is 13.0. The van der Waals surface area contributed by atoms with Crippen LogP contribution in [-0.2, 0) is 14.6 Å². The lowest BCUT2D eigenvalue weighted by atomic mass is 10.3. The smallest absolute Gasteiger partial charge is 0.240 e. The Labute approximate surface area is 132 Å². The molecule has 0 unspecified atom stereocenters. The summed E-state index contributed by atoms with van der Waals surface area (Å²) in [6, 6.07) is 12.2. The third-order valence-corrected chi connectivity index (χ3v) is 4.86. The van der Waals surface area contributed by atoms with Gasteiger partial charge in [-0.1, -0.05) is 35.3 Å². The first-order chi connectivity index (χ1) is 9.88. The Balaban J connectivity index is 2.12. The summed E-state index contributed by atoms with van der Waals surface area (Å²) in [7, 11) is -3.72. The number of amides is 1. The van der Waals surface area contributed by atoms with Gasteiger partial charge in [-0.2, -0.15) is 0 Å². The lowest BCUT2D eigenvalue weighted by Gasteiger charge is -2.08. The molecule has 0 radical (unpaired) electrons. The Morgan fingerprint density at radius 1 is 1.00 bits per heavy atom. The highest BCUT2D eigenvalue weighted by molar-refractivity contribution is 7.92. The van der Waals surface area contributed by atoms with E-state index in [1.807, 2.05) is 0 Å². The Kier molecular flexibility index (Phi) is 4.88. The van der Waals surface area contributed by atoms with Crippen molar-refractivity contribution in [3.05, 3.63) is 58.6 Å². The molecule has 0 heterocycles. The second-order valence-corrected chi connectivity index (χ2v) is 7.07. The second-order valence-electron chi connectivity index (χ2n) is 4.24. The summed E-state index contributed by atoms with van der Waals surface area (Å²) in [5, 5.41) is 3.24. The van der Waals surface area contributed by atoms with Gasteiger partial charge < -0.3 is 5.32 Å². The third-order valence-electron chi connectivity index (χ3n) is 2.64. The van der Waals surface area contributed by atoms with Crippen molar-refractivity contribution in [1.82, 2.24) is 0 Å². The average Bonchev–Trinajstić information content (AvgIpc) is 2.41. The summed E-state index contributed by atoms with van der Waals surface area (Å²) >= 11 is 11.6. The first-order valence-corrected chi connectivity index (χ1v) is 8.32. The summed E-state index contributed by atoms with van der Waals surface area (Å²) in [6.45, 7) is 0. The van der Waals surface area contributed by atoms with Gasteiger partial charge in [-0.25, -0.2) is 8.42 Å². The highest BCUT2D eigenvalue weighted by Crippen LogP contribution is 2.21. The van der Waals surface area contributed by atoms with Crippen molar-refractivity contribution in [2.24, 2.45) is 0 Å². The number of carbonyl (C=O) groups excluding carboxylic acids is 1. The van der Waals surface area contributed by atoms with Crippen LogP contribution >= 0.6 is 23.2 Å². The second kappa shape index (κ2) is 6.47. The fourth-order valence-corrected chi connectivity index (χ4v) is 3.09. The number of para-hydroxylation sites is 1. The van der Waals surface area contributed by atoms with Crippen molar-refractivity contribution < 1.29 is 13.2 Å². The zero-order chi connectivity index (χ0) is 15.5. The predicted octanol–water partition coefficient (Wildman–Crippen LogP) is 3.41. The van der Waals surface area contributed by atoms with E-state index < -0.39 is 21.5 Å². The average molecular weight is 344 g/mol. The van der Waals surface area contributed by atoms with E-state index in [0.29, 0.717) is 15.7 Å². The minimum absolute atomic E-state index is 0.0428. The summed E-state index contributed by atoms with van der Waals surface area (Å²) in [6.07, 6.45) is 0. The van der Waals surface area contributed by atoms with Crippen LogP contribution in [0.5, 0.6) is 0 Å². The normalized spacial score (nSPS) is 11.1. The van der Waals surface area contributed by atoms with Gasteiger partial charge in [-0.05, 0) is 36.4 Å². The van der Waals surface area contributed by atoms with E-state index in [1.54, 1.807) is 24.3 Å². The molecule has 0 bridgehead atoms. The largest absolute Gasteiger partial charge is 0.324 e. The van der Waals surface area contributed by atoms with Crippen molar-refractivity contribution in [1.29, 1.82) is 0 Å². The zero-order valence-electron chi connectivity index (χ0n) is 10.7. The maximum atomic E-state index is 12.1. The molecule has 110 valence electrons. The summed E-state index contributed by atoms with van der Waals surface area (Å²) in [5.41, 5.74) is 0.371. The van der Waals surface area contributed by atoms with Crippen LogP contribution in [0.3, 0.4) is 0 Å². The van der Waals surface area contributed by atoms with Crippen molar-refractivity contribution in [2.75, 3.05) is 11.1 Å². The first-order valence-electron chi connectivity index (χ1n) is 5.91. The van der Waals surface area contributed by atoms with Crippen molar-refractivity contribution >= 4 is 44.6 Å². The lowest BCUT2D eigenvalue weighted by Crippen LogP contribution is -2.23. The van der Waals surface area contributed by atoms with Crippen LogP contribution in [0, 0.1) is 0 Å². The topological polar surface area (TPSA) is 63.2 Å². The maximum absolute atomic E-state index is 12.1. The van der Waals surface area contributed by atoms with Gasteiger partial charge in [0.05, 0.1) is 15.6 Å². The Morgan fingerprint density at radius 2 is 1.62 bits per heavy atom. The SMILES string of the molecule is O=C(CS(=O)(=O)c1ccc(Cl)cc1)Nc1ccccc1Cl. The van der Waals surface area contributed by atoms with E-state index in [2.05, 4.69) is 5.32 Å². The van der Waals surface area contributed by atoms with Crippen LogP contribution in [0.15, 0.2) is 53.4 Å². The molecule has 0 aliphatic heterocycles. The molecule has 0 aromatic heterocycles. The van der Waals surface area contributed by atoms with Crippen molar-refractivity contribution in [3.8, 4) is 0 Å². The van der Waals surface area contributed by atoms with E-state index >= 15 is 0 Å². The lowest BCUT2D eigenvalue weighted by molar-refractivity contribution is -0.113. The van der Waals surface area contributed by atoms with E-state index in [4.69, 9.17) is 23.2 Å². The summed E-state index contributed by atoms with van der Waals surface area (Å²) < 4.78 is 24.2. The Morgan fingerprint density at radius 3 is 2.24 bits per heavy atom. The molecule has 0 saturated carbocycles. The van der Waals surface area contributed by atoms with E-state index in [-0.39, 0.29) is 4.90 Å². The highest BCUT2D eigenvalue weighted by Gasteiger charge is 2.19. The number of carbonyl (C=O) groups is 1. The molecule has 4 nitrogen and oxygen atoms in total. The van der Waals surface area contributed by atoms with Gasteiger partial charge in [0.1, 0.15) is 5.75 Å². The molecule has 0 saturated heterocycles. The monoisotopic (exact) mass is 343 g/mol. The summed E-state index contributed by atoms with van der Waals surface area (Å²) in [4.78, 5) is 11.9. The number of hydrogen-bond acceptors (Lipinski definition) is 3. The van der Waals surface area contributed by atoms with Crippen LogP contribution in [0.25, 0.3) is 0 Å². The van der Waals surface area contributed by atoms with Gasteiger partial charge in [0, 0.05) is 5.02 Å². The molecule has 0 fully saturated rings. The van der Waals surface area contributed by atoms with Crippen LogP contribution < -0.4 is 5.32 Å². The number of anilines is 1.